The third-order valence-electron chi connectivity index (χ3n) is 3.09. The van der Waals surface area contributed by atoms with Gasteiger partial charge in [-0.05, 0) is 6.07 Å². The second-order valence-corrected chi connectivity index (χ2v) is 4.57. The standard InChI is InChI=1S/C15H8FN5O2/c16-12-1-10(4-18-6-12)13-7-19-14(2-9(13)3-17)21-8-11(5-20-21)15(22)23/h1-2,4-8H,(H,22,23). The molecule has 3 aromatic heterocycles. The molecule has 0 saturated carbocycles. The molecule has 112 valence electrons. The van der Waals surface area contributed by atoms with Crippen molar-refractivity contribution in [2.45, 2.75) is 0 Å². The Labute approximate surface area is 129 Å². The normalized spacial score (nSPS) is 10.3. The molecule has 0 fully saturated rings. The number of nitriles is 1. The van der Waals surface area contributed by atoms with Gasteiger partial charge in [0.25, 0.3) is 0 Å². The van der Waals surface area contributed by atoms with Gasteiger partial charge < -0.3 is 5.11 Å². The summed E-state index contributed by atoms with van der Waals surface area (Å²) in [6.07, 6.45) is 6.35. The van der Waals surface area contributed by atoms with Crippen molar-refractivity contribution in [2.24, 2.45) is 0 Å². The maximum absolute atomic E-state index is 13.3. The van der Waals surface area contributed by atoms with Crippen LogP contribution in [0.3, 0.4) is 0 Å². The van der Waals surface area contributed by atoms with Crippen LogP contribution >= 0.6 is 0 Å². The number of aromatic carboxylic acids is 1. The molecule has 7 nitrogen and oxygen atoms in total. The van der Waals surface area contributed by atoms with Gasteiger partial charge >= 0.3 is 5.97 Å². The molecule has 23 heavy (non-hydrogen) atoms. The van der Waals surface area contributed by atoms with Gasteiger partial charge in [-0.3, -0.25) is 4.98 Å². The van der Waals surface area contributed by atoms with E-state index in [2.05, 4.69) is 15.1 Å². The highest BCUT2D eigenvalue weighted by Crippen LogP contribution is 2.24. The fourth-order valence-electron chi connectivity index (χ4n) is 2.01. The van der Waals surface area contributed by atoms with E-state index < -0.39 is 11.8 Å². The number of carbonyl (C=O) groups is 1. The molecule has 0 aromatic carbocycles. The molecule has 0 unspecified atom stereocenters. The zero-order chi connectivity index (χ0) is 16.4. The van der Waals surface area contributed by atoms with Crippen LogP contribution in [0.2, 0.25) is 0 Å². The predicted octanol–water partition coefficient (Wildman–Crippen LogP) is 2.04. The monoisotopic (exact) mass is 309 g/mol. The Morgan fingerprint density at radius 2 is 2.09 bits per heavy atom. The summed E-state index contributed by atoms with van der Waals surface area (Å²) in [7, 11) is 0. The molecule has 0 aliphatic heterocycles. The largest absolute Gasteiger partial charge is 0.478 e. The lowest BCUT2D eigenvalue weighted by Gasteiger charge is -2.06. The lowest BCUT2D eigenvalue weighted by molar-refractivity contribution is 0.0697. The molecule has 3 rings (SSSR count). The molecular weight excluding hydrogens is 301 g/mol. The van der Waals surface area contributed by atoms with E-state index in [-0.39, 0.29) is 16.9 Å². The van der Waals surface area contributed by atoms with Crippen molar-refractivity contribution >= 4 is 5.97 Å². The summed E-state index contributed by atoms with van der Waals surface area (Å²) in [5.41, 5.74) is 1.10. The highest BCUT2D eigenvalue weighted by atomic mass is 19.1. The highest BCUT2D eigenvalue weighted by Gasteiger charge is 2.12. The topological polar surface area (TPSA) is 105 Å². The van der Waals surface area contributed by atoms with Gasteiger partial charge in [0.1, 0.15) is 5.82 Å². The van der Waals surface area contributed by atoms with Crippen LogP contribution < -0.4 is 0 Å². The van der Waals surface area contributed by atoms with Crippen LogP contribution in [0.15, 0.2) is 43.1 Å². The molecule has 0 radical (unpaired) electrons. The number of aromatic nitrogens is 4. The number of pyridine rings is 2. The van der Waals surface area contributed by atoms with Crippen LogP contribution in [-0.2, 0) is 0 Å². The number of nitrogens with zero attached hydrogens (tertiary/aromatic N) is 5. The van der Waals surface area contributed by atoms with Crippen LogP contribution in [0.25, 0.3) is 16.9 Å². The van der Waals surface area contributed by atoms with Crippen molar-refractivity contribution in [3.05, 3.63) is 60.1 Å². The van der Waals surface area contributed by atoms with E-state index in [1.165, 1.54) is 41.6 Å². The Balaban J connectivity index is 2.06. The molecule has 0 bridgehead atoms. The molecule has 0 atom stereocenters. The molecule has 0 aliphatic rings. The van der Waals surface area contributed by atoms with Gasteiger partial charge in [0, 0.05) is 35.8 Å². The van der Waals surface area contributed by atoms with Gasteiger partial charge in [0.05, 0.1) is 29.6 Å². The lowest BCUT2D eigenvalue weighted by atomic mass is 10.0. The van der Waals surface area contributed by atoms with E-state index in [9.17, 15) is 14.4 Å². The minimum absolute atomic E-state index is 0.00344. The Hall–Kier alpha value is -3.60. The Kier molecular flexibility index (Phi) is 3.52. The van der Waals surface area contributed by atoms with E-state index >= 15 is 0 Å². The van der Waals surface area contributed by atoms with Crippen molar-refractivity contribution in [3.63, 3.8) is 0 Å². The fourth-order valence-corrected chi connectivity index (χ4v) is 2.01. The summed E-state index contributed by atoms with van der Waals surface area (Å²) in [5, 5.41) is 22.1. The first-order valence-electron chi connectivity index (χ1n) is 6.38. The van der Waals surface area contributed by atoms with E-state index in [4.69, 9.17) is 5.11 Å². The number of halogens is 1. The summed E-state index contributed by atoms with van der Waals surface area (Å²) in [5.74, 6) is -1.35. The Morgan fingerprint density at radius 1 is 1.26 bits per heavy atom. The third kappa shape index (κ3) is 2.75. The van der Waals surface area contributed by atoms with Crippen LogP contribution in [0.4, 0.5) is 4.39 Å². The number of hydrogen-bond donors (Lipinski definition) is 1. The predicted molar refractivity (Wildman–Crippen MR) is 76.2 cm³/mol. The van der Waals surface area contributed by atoms with Gasteiger partial charge in [0.15, 0.2) is 5.82 Å². The maximum Gasteiger partial charge on any atom is 0.338 e. The van der Waals surface area contributed by atoms with Crippen LogP contribution in [0, 0.1) is 17.1 Å². The molecule has 0 saturated heterocycles. The maximum atomic E-state index is 13.3. The smallest absolute Gasteiger partial charge is 0.338 e. The second-order valence-electron chi connectivity index (χ2n) is 4.57. The third-order valence-corrected chi connectivity index (χ3v) is 3.09. The van der Waals surface area contributed by atoms with Gasteiger partial charge in [-0.25, -0.2) is 18.9 Å². The molecule has 8 heteroatoms. The summed E-state index contributed by atoms with van der Waals surface area (Å²) in [6, 6.07) is 4.70. The van der Waals surface area contributed by atoms with Crippen molar-refractivity contribution in [3.8, 4) is 23.0 Å². The molecule has 0 amide bonds. The lowest BCUT2D eigenvalue weighted by Crippen LogP contribution is -2.00. The van der Waals surface area contributed by atoms with E-state index in [0.717, 1.165) is 6.20 Å². The summed E-state index contributed by atoms with van der Waals surface area (Å²) < 4.78 is 14.5. The fraction of sp³-hybridized carbons (Fsp3) is 0. The van der Waals surface area contributed by atoms with Crippen molar-refractivity contribution in [2.75, 3.05) is 0 Å². The zero-order valence-corrected chi connectivity index (χ0v) is 11.5. The Morgan fingerprint density at radius 3 is 2.74 bits per heavy atom. The van der Waals surface area contributed by atoms with Gasteiger partial charge in [-0.2, -0.15) is 10.4 Å². The average Bonchev–Trinajstić information content (AvgIpc) is 3.04. The first-order valence-corrected chi connectivity index (χ1v) is 6.38. The highest BCUT2D eigenvalue weighted by molar-refractivity contribution is 5.87. The Bertz CT molecular complexity index is 945. The van der Waals surface area contributed by atoms with Gasteiger partial charge in [-0.1, -0.05) is 0 Å². The number of carboxylic acids is 1. The van der Waals surface area contributed by atoms with E-state index in [1.807, 2.05) is 6.07 Å². The van der Waals surface area contributed by atoms with Crippen molar-refractivity contribution < 1.29 is 14.3 Å². The van der Waals surface area contributed by atoms with Crippen molar-refractivity contribution in [1.82, 2.24) is 19.7 Å². The molecule has 3 heterocycles. The number of hydrogen-bond acceptors (Lipinski definition) is 5. The summed E-state index contributed by atoms with van der Waals surface area (Å²) >= 11 is 0. The van der Waals surface area contributed by atoms with Crippen molar-refractivity contribution in [1.29, 1.82) is 5.26 Å². The second kappa shape index (κ2) is 5.65. The molecule has 3 aromatic rings. The molecule has 0 aliphatic carbocycles. The molecule has 0 spiro atoms. The zero-order valence-electron chi connectivity index (χ0n) is 11.5. The average molecular weight is 309 g/mol. The van der Waals surface area contributed by atoms with Gasteiger partial charge in [-0.15, -0.1) is 0 Å². The minimum atomic E-state index is -1.11. The first kappa shape index (κ1) is 14.3. The summed E-state index contributed by atoms with van der Waals surface area (Å²) in [6.45, 7) is 0. The quantitative estimate of drug-likeness (QED) is 0.793. The molecule has 1 N–H and O–H groups in total. The SMILES string of the molecule is N#Cc1cc(-n2cc(C(=O)O)cn2)ncc1-c1cncc(F)c1. The minimum Gasteiger partial charge on any atom is -0.478 e. The van der Waals surface area contributed by atoms with Crippen LogP contribution in [-0.4, -0.2) is 30.8 Å². The van der Waals surface area contributed by atoms with Crippen LogP contribution in [0.1, 0.15) is 15.9 Å². The number of rotatable bonds is 3. The van der Waals surface area contributed by atoms with Crippen LogP contribution in [0.5, 0.6) is 0 Å². The first-order chi connectivity index (χ1) is 11.1. The molecular formula is C15H8FN5O2. The number of carboxylic acid groups (broad SMARTS) is 1. The van der Waals surface area contributed by atoms with E-state index in [0.29, 0.717) is 11.1 Å². The van der Waals surface area contributed by atoms with E-state index in [1.54, 1.807) is 0 Å². The summed E-state index contributed by atoms with van der Waals surface area (Å²) in [4.78, 5) is 18.8. The van der Waals surface area contributed by atoms with Gasteiger partial charge in [0.2, 0.25) is 0 Å².